The summed E-state index contributed by atoms with van der Waals surface area (Å²) in [5.74, 6) is -0.218. The van der Waals surface area contributed by atoms with Crippen molar-refractivity contribution in [2.24, 2.45) is 0 Å². The van der Waals surface area contributed by atoms with E-state index in [9.17, 15) is 4.39 Å². The fraction of sp³-hybridized carbons (Fsp3) is 0.357. The first-order valence-electron chi connectivity index (χ1n) is 6.20. The summed E-state index contributed by atoms with van der Waals surface area (Å²) in [6.07, 6.45) is 2.29. The van der Waals surface area contributed by atoms with Crippen LogP contribution in [-0.2, 0) is 16.9 Å². The van der Waals surface area contributed by atoms with Crippen molar-refractivity contribution in [2.45, 2.75) is 25.0 Å². The smallest absolute Gasteiger partial charge is 0.123 e. The molecule has 1 aromatic carbocycles. The SMILES string of the molecule is Fc1ccc(-c2cc3n(n2)C2(CC2)COC3)cc1. The molecule has 1 aliphatic heterocycles. The number of hydrogen-bond acceptors (Lipinski definition) is 2. The largest absolute Gasteiger partial charge is 0.373 e. The van der Waals surface area contributed by atoms with Gasteiger partial charge >= 0.3 is 0 Å². The Labute approximate surface area is 104 Å². The topological polar surface area (TPSA) is 27.1 Å². The Hall–Kier alpha value is -1.68. The Morgan fingerprint density at radius 3 is 2.72 bits per heavy atom. The monoisotopic (exact) mass is 244 g/mol. The van der Waals surface area contributed by atoms with E-state index >= 15 is 0 Å². The van der Waals surface area contributed by atoms with Crippen LogP contribution in [0.5, 0.6) is 0 Å². The van der Waals surface area contributed by atoms with Crippen molar-refractivity contribution in [3.05, 3.63) is 41.8 Å². The molecule has 1 aromatic heterocycles. The normalized spacial score (nSPS) is 19.8. The summed E-state index contributed by atoms with van der Waals surface area (Å²) in [6, 6.07) is 8.52. The van der Waals surface area contributed by atoms with Crippen LogP contribution in [0.2, 0.25) is 0 Å². The number of halogens is 1. The van der Waals surface area contributed by atoms with E-state index in [0.29, 0.717) is 6.61 Å². The van der Waals surface area contributed by atoms with Gasteiger partial charge in [0.2, 0.25) is 0 Å². The van der Waals surface area contributed by atoms with Gasteiger partial charge in [0.25, 0.3) is 0 Å². The van der Waals surface area contributed by atoms with E-state index < -0.39 is 0 Å². The quantitative estimate of drug-likeness (QED) is 0.771. The zero-order chi connectivity index (χ0) is 12.2. The average molecular weight is 244 g/mol. The zero-order valence-corrected chi connectivity index (χ0v) is 9.90. The third kappa shape index (κ3) is 1.42. The van der Waals surface area contributed by atoms with Crippen LogP contribution in [0.15, 0.2) is 30.3 Å². The van der Waals surface area contributed by atoms with Crippen molar-refractivity contribution < 1.29 is 9.13 Å². The van der Waals surface area contributed by atoms with Gasteiger partial charge in [-0.05, 0) is 43.2 Å². The first-order chi connectivity index (χ1) is 8.77. The second-order valence-electron chi connectivity index (χ2n) is 5.16. The van der Waals surface area contributed by atoms with Gasteiger partial charge in [-0.1, -0.05) is 0 Å². The molecule has 2 aromatic rings. The molecule has 1 fully saturated rings. The average Bonchev–Trinajstić information content (AvgIpc) is 3.00. The summed E-state index contributed by atoms with van der Waals surface area (Å²) in [5, 5.41) is 4.68. The lowest BCUT2D eigenvalue weighted by atomic mass is 10.1. The molecule has 92 valence electrons. The lowest BCUT2D eigenvalue weighted by molar-refractivity contribution is 0.0410. The highest BCUT2D eigenvalue weighted by molar-refractivity contribution is 5.59. The van der Waals surface area contributed by atoms with E-state index in [1.54, 1.807) is 12.1 Å². The second kappa shape index (κ2) is 3.42. The number of ether oxygens (including phenoxy) is 1. The van der Waals surface area contributed by atoms with Gasteiger partial charge in [-0.25, -0.2) is 4.39 Å². The molecule has 1 saturated carbocycles. The van der Waals surface area contributed by atoms with E-state index in [0.717, 1.165) is 36.4 Å². The highest BCUT2D eigenvalue weighted by Crippen LogP contribution is 2.46. The molecule has 0 radical (unpaired) electrons. The molecule has 1 spiro atoms. The van der Waals surface area contributed by atoms with Crippen molar-refractivity contribution in [3.8, 4) is 11.3 Å². The molecule has 0 unspecified atom stereocenters. The van der Waals surface area contributed by atoms with Crippen LogP contribution in [0.25, 0.3) is 11.3 Å². The number of benzene rings is 1. The number of hydrogen-bond donors (Lipinski definition) is 0. The molecule has 1 aliphatic carbocycles. The van der Waals surface area contributed by atoms with Crippen molar-refractivity contribution in [1.29, 1.82) is 0 Å². The lowest BCUT2D eigenvalue weighted by Gasteiger charge is -2.24. The van der Waals surface area contributed by atoms with Crippen LogP contribution >= 0.6 is 0 Å². The molecule has 18 heavy (non-hydrogen) atoms. The first kappa shape index (κ1) is 10.3. The Morgan fingerprint density at radius 2 is 2.00 bits per heavy atom. The van der Waals surface area contributed by atoms with Crippen molar-refractivity contribution in [1.82, 2.24) is 9.78 Å². The van der Waals surface area contributed by atoms with E-state index in [1.165, 1.54) is 12.1 Å². The summed E-state index contributed by atoms with van der Waals surface area (Å²) < 4.78 is 20.7. The summed E-state index contributed by atoms with van der Waals surface area (Å²) >= 11 is 0. The molecular weight excluding hydrogens is 231 g/mol. The molecule has 3 nitrogen and oxygen atoms in total. The summed E-state index contributed by atoms with van der Waals surface area (Å²) in [5.41, 5.74) is 3.10. The highest BCUT2D eigenvalue weighted by Gasteiger charge is 2.49. The van der Waals surface area contributed by atoms with E-state index in [2.05, 4.69) is 9.78 Å². The van der Waals surface area contributed by atoms with Gasteiger partial charge in [-0.15, -0.1) is 0 Å². The van der Waals surface area contributed by atoms with Gasteiger partial charge in [-0.3, -0.25) is 4.68 Å². The maximum Gasteiger partial charge on any atom is 0.123 e. The van der Waals surface area contributed by atoms with Crippen molar-refractivity contribution in [3.63, 3.8) is 0 Å². The van der Waals surface area contributed by atoms with Crippen LogP contribution in [0.4, 0.5) is 4.39 Å². The summed E-state index contributed by atoms with van der Waals surface area (Å²) in [4.78, 5) is 0. The second-order valence-corrected chi connectivity index (χ2v) is 5.16. The summed E-state index contributed by atoms with van der Waals surface area (Å²) in [6.45, 7) is 1.39. The molecule has 4 rings (SSSR count). The van der Waals surface area contributed by atoms with Crippen molar-refractivity contribution >= 4 is 0 Å². The lowest BCUT2D eigenvalue weighted by Crippen LogP contribution is -2.31. The minimum absolute atomic E-state index is 0.117. The van der Waals surface area contributed by atoms with Crippen LogP contribution in [0.1, 0.15) is 18.5 Å². The van der Waals surface area contributed by atoms with E-state index in [4.69, 9.17) is 4.74 Å². The Bertz CT molecular complexity index is 599. The molecule has 0 amide bonds. The molecule has 4 heteroatoms. The number of nitrogens with zero attached hydrogens (tertiary/aromatic N) is 2. The molecule has 0 bridgehead atoms. The molecule has 0 saturated heterocycles. The maximum absolute atomic E-state index is 12.9. The van der Waals surface area contributed by atoms with Gasteiger partial charge in [0.15, 0.2) is 0 Å². The minimum atomic E-state index is -0.218. The van der Waals surface area contributed by atoms with Gasteiger partial charge in [0.1, 0.15) is 5.82 Å². The highest BCUT2D eigenvalue weighted by atomic mass is 19.1. The number of aromatic nitrogens is 2. The molecule has 0 N–H and O–H groups in total. The van der Waals surface area contributed by atoms with Crippen LogP contribution in [-0.4, -0.2) is 16.4 Å². The van der Waals surface area contributed by atoms with E-state index in [-0.39, 0.29) is 11.4 Å². The summed E-state index contributed by atoms with van der Waals surface area (Å²) in [7, 11) is 0. The van der Waals surface area contributed by atoms with Crippen LogP contribution in [0, 0.1) is 5.82 Å². The van der Waals surface area contributed by atoms with Crippen LogP contribution in [0.3, 0.4) is 0 Å². The third-order valence-corrected chi connectivity index (χ3v) is 3.82. The van der Waals surface area contributed by atoms with Gasteiger partial charge in [0, 0.05) is 5.56 Å². The zero-order valence-electron chi connectivity index (χ0n) is 9.90. The maximum atomic E-state index is 12.9. The Morgan fingerprint density at radius 1 is 1.22 bits per heavy atom. The van der Waals surface area contributed by atoms with Crippen LogP contribution < -0.4 is 0 Å². The molecule has 0 atom stereocenters. The third-order valence-electron chi connectivity index (χ3n) is 3.82. The predicted molar refractivity (Wildman–Crippen MR) is 64.5 cm³/mol. The van der Waals surface area contributed by atoms with Gasteiger partial charge in [0.05, 0.1) is 30.1 Å². The van der Waals surface area contributed by atoms with E-state index in [1.807, 2.05) is 6.07 Å². The molecule has 2 heterocycles. The fourth-order valence-corrected chi connectivity index (χ4v) is 2.60. The van der Waals surface area contributed by atoms with Gasteiger partial charge < -0.3 is 4.74 Å². The molecule has 2 aliphatic rings. The van der Waals surface area contributed by atoms with Gasteiger partial charge in [-0.2, -0.15) is 5.10 Å². The number of rotatable bonds is 1. The first-order valence-corrected chi connectivity index (χ1v) is 6.20. The van der Waals surface area contributed by atoms with Crippen molar-refractivity contribution in [2.75, 3.05) is 6.61 Å². The Kier molecular flexibility index (Phi) is 1.95. The minimum Gasteiger partial charge on any atom is -0.373 e. The molecular formula is C14H13FN2O. The predicted octanol–water partition coefficient (Wildman–Crippen LogP) is 2.71. The Balaban J connectivity index is 1.79. The standard InChI is InChI=1S/C14H13FN2O/c15-11-3-1-10(2-4-11)13-7-12-8-18-9-14(5-6-14)17(12)16-13/h1-4,7H,5-6,8-9H2. The number of fused-ring (bicyclic) bond motifs is 2. The fourth-order valence-electron chi connectivity index (χ4n) is 2.60.